The first-order chi connectivity index (χ1) is 9.28. The van der Waals surface area contributed by atoms with Crippen molar-refractivity contribution in [1.29, 1.82) is 0 Å². The maximum atomic E-state index is 6.39. The van der Waals surface area contributed by atoms with Crippen LogP contribution in [0.1, 0.15) is 43.6 Å². The minimum Gasteiger partial charge on any atom is -0.319 e. The Kier molecular flexibility index (Phi) is 4.14. The van der Waals surface area contributed by atoms with Crippen molar-refractivity contribution in [2.45, 2.75) is 38.0 Å². The Labute approximate surface area is 121 Å². The summed E-state index contributed by atoms with van der Waals surface area (Å²) in [6.45, 7) is 1.04. The molecule has 1 N–H and O–H groups in total. The lowest BCUT2D eigenvalue weighted by atomic mass is 9.80. The molecule has 0 radical (unpaired) electrons. The Hall–Kier alpha value is -0.530. The molecule has 19 heavy (non-hydrogen) atoms. The molecule has 104 valence electrons. The molecule has 0 heterocycles. The monoisotopic (exact) mass is 277 g/mol. The highest BCUT2D eigenvalue weighted by atomic mass is 35.5. The molecule has 0 spiro atoms. The van der Waals surface area contributed by atoms with E-state index in [1.54, 1.807) is 0 Å². The van der Waals surface area contributed by atoms with Crippen molar-refractivity contribution >= 4 is 11.6 Å². The average molecular weight is 278 g/mol. The number of hydrogen-bond donors (Lipinski definition) is 1. The van der Waals surface area contributed by atoms with Crippen LogP contribution in [0.2, 0.25) is 5.02 Å². The molecular weight excluding hydrogens is 254 g/mol. The van der Waals surface area contributed by atoms with Gasteiger partial charge in [-0.25, -0.2) is 0 Å². The SMILES string of the molecule is CNCC(CC1CC2CCC1C2)c1ccccc1Cl. The molecule has 1 aromatic carbocycles. The molecule has 4 atom stereocenters. The summed E-state index contributed by atoms with van der Waals surface area (Å²) in [5.41, 5.74) is 1.33. The fourth-order valence-corrected chi connectivity index (χ4v) is 4.69. The third-order valence-electron chi connectivity index (χ3n) is 5.27. The number of rotatable bonds is 5. The number of halogens is 1. The highest BCUT2D eigenvalue weighted by molar-refractivity contribution is 6.31. The average Bonchev–Trinajstić information content (AvgIpc) is 3.01. The third kappa shape index (κ3) is 2.83. The van der Waals surface area contributed by atoms with Crippen molar-refractivity contribution < 1.29 is 0 Å². The zero-order chi connectivity index (χ0) is 13.2. The largest absolute Gasteiger partial charge is 0.319 e. The number of hydrogen-bond acceptors (Lipinski definition) is 1. The third-order valence-corrected chi connectivity index (χ3v) is 5.61. The highest BCUT2D eigenvalue weighted by Gasteiger charge is 2.40. The van der Waals surface area contributed by atoms with E-state index in [0.29, 0.717) is 5.92 Å². The van der Waals surface area contributed by atoms with Crippen LogP contribution in [0.5, 0.6) is 0 Å². The molecule has 0 aromatic heterocycles. The fourth-order valence-electron chi connectivity index (χ4n) is 4.40. The second-order valence-corrected chi connectivity index (χ2v) is 6.85. The van der Waals surface area contributed by atoms with Crippen LogP contribution in [0, 0.1) is 17.8 Å². The van der Waals surface area contributed by atoms with Crippen LogP contribution < -0.4 is 5.32 Å². The first kappa shape index (κ1) is 13.5. The number of nitrogens with one attached hydrogen (secondary N) is 1. The smallest absolute Gasteiger partial charge is 0.0441 e. The molecular formula is C17H24ClN. The van der Waals surface area contributed by atoms with E-state index in [1.165, 1.54) is 37.7 Å². The second-order valence-electron chi connectivity index (χ2n) is 6.45. The van der Waals surface area contributed by atoms with Crippen LogP contribution in [0.4, 0.5) is 0 Å². The molecule has 2 aliphatic rings. The van der Waals surface area contributed by atoms with E-state index in [9.17, 15) is 0 Å². The van der Waals surface area contributed by atoms with Gasteiger partial charge in [-0.15, -0.1) is 0 Å². The highest BCUT2D eigenvalue weighted by Crippen LogP contribution is 2.51. The van der Waals surface area contributed by atoms with Gasteiger partial charge in [-0.2, -0.15) is 0 Å². The van der Waals surface area contributed by atoms with E-state index < -0.39 is 0 Å². The van der Waals surface area contributed by atoms with Gasteiger partial charge in [0.15, 0.2) is 0 Å². The Balaban J connectivity index is 1.73. The normalized spacial score (nSPS) is 30.7. The lowest BCUT2D eigenvalue weighted by Gasteiger charge is -2.27. The lowest BCUT2D eigenvalue weighted by molar-refractivity contribution is 0.293. The number of benzene rings is 1. The minimum atomic E-state index is 0.572. The van der Waals surface area contributed by atoms with Gasteiger partial charge < -0.3 is 5.32 Å². The van der Waals surface area contributed by atoms with Crippen molar-refractivity contribution in [3.8, 4) is 0 Å². The van der Waals surface area contributed by atoms with Gasteiger partial charge in [-0.05, 0) is 68.0 Å². The van der Waals surface area contributed by atoms with Gasteiger partial charge in [0.25, 0.3) is 0 Å². The van der Waals surface area contributed by atoms with Crippen LogP contribution in [0.3, 0.4) is 0 Å². The molecule has 2 aliphatic carbocycles. The van der Waals surface area contributed by atoms with E-state index in [1.807, 2.05) is 19.2 Å². The Morgan fingerprint density at radius 3 is 2.74 bits per heavy atom. The van der Waals surface area contributed by atoms with Gasteiger partial charge >= 0.3 is 0 Å². The second kappa shape index (κ2) is 5.85. The standard InChI is InChI=1S/C17H24ClN/c1-19-11-15(16-4-2-3-5-17(16)18)10-14-9-12-6-7-13(14)8-12/h2-5,12-15,19H,6-11H2,1H3. The predicted octanol–water partition coefficient (Wildman–Crippen LogP) is 4.47. The molecule has 4 unspecified atom stereocenters. The van der Waals surface area contributed by atoms with Gasteiger partial charge in [-0.1, -0.05) is 36.2 Å². The number of likely N-dealkylation sites (N-methyl/N-ethyl adjacent to an activating group) is 1. The summed E-state index contributed by atoms with van der Waals surface area (Å²) >= 11 is 6.39. The fraction of sp³-hybridized carbons (Fsp3) is 0.647. The van der Waals surface area contributed by atoms with Crippen LogP contribution >= 0.6 is 11.6 Å². The Morgan fingerprint density at radius 2 is 2.11 bits per heavy atom. The number of fused-ring (bicyclic) bond motifs is 2. The van der Waals surface area contributed by atoms with E-state index in [-0.39, 0.29) is 0 Å². The first-order valence-electron chi connectivity index (χ1n) is 7.67. The van der Waals surface area contributed by atoms with Gasteiger partial charge in [0, 0.05) is 11.6 Å². The summed E-state index contributed by atoms with van der Waals surface area (Å²) in [7, 11) is 2.05. The van der Waals surface area contributed by atoms with Gasteiger partial charge in [0.1, 0.15) is 0 Å². The molecule has 1 nitrogen and oxygen atoms in total. The molecule has 0 amide bonds. The van der Waals surface area contributed by atoms with Gasteiger partial charge in [0.2, 0.25) is 0 Å². The molecule has 0 saturated heterocycles. The zero-order valence-electron chi connectivity index (χ0n) is 11.7. The molecule has 1 aromatic rings. The summed E-state index contributed by atoms with van der Waals surface area (Å²) in [4.78, 5) is 0. The quantitative estimate of drug-likeness (QED) is 0.837. The Bertz CT molecular complexity index is 431. The minimum absolute atomic E-state index is 0.572. The van der Waals surface area contributed by atoms with E-state index in [4.69, 9.17) is 11.6 Å². The van der Waals surface area contributed by atoms with Crippen LogP contribution in [-0.2, 0) is 0 Å². The molecule has 2 saturated carbocycles. The summed E-state index contributed by atoms with van der Waals surface area (Å²) in [6.07, 6.45) is 7.24. The van der Waals surface area contributed by atoms with Crippen LogP contribution in [0.25, 0.3) is 0 Å². The van der Waals surface area contributed by atoms with Crippen molar-refractivity contribution in [2.24, 2.45) is 17.8 Å². The van der Waals surface area contributed by atoms with E-state index in [0.717, 1.165) is 29.3 Å². The summed E-state index contributed by atoms with van der Waals surface area (Å²) < 4.78 is 0. The topological polar surface area (TPSA) is 12.0 Å². The first-order valence-corrected chi connectivity index (χ1v) is 8.04. The predicted molar refractivity (Wildman–Crippen MR) is 81.7 cm³/mol. The molecule has 3 rings (SSSR count). The zero-order valence-corrected chi connectivity index (χ0v) is 12.5. The molecule has 2 heteroatoms. The summed E-state index contributed by atoms with van der Waals surface area (Å²) in [5, 5.41) is 4.29. The van der Waals surface area contributed by atoms with Crippen molar-refractivity contribution in [3.63, 3.8) is 0 Å². The van der Waals surface area contributed by atoms with Crippen molar-refractivity contribution in [3.05, 3.63) is 34.9 Å². The maximum Gasteiger partial charge on any atom is 0.0441 e. The van der Waals surface area contributed by atoms with Gasteiger partial charge in [-0.3, -0.25) is 0 Å². The van der Waals surface area contributed by atoms with E-state index in [2.05, 4.69) is 17.4 Å². The molecule has 2 fully saturated rings. The van der Waals surface area contributed by atoms with Crippen LogP contribution in [-0.4, -0.2) is 13.6 Å². The lowest BCUT2D eigenvalue weighted by Crippen LogP contribution is -2.22. The Morgan fingerprint density at radius 1 is 1.26 bits per heavy atom. The molecule has 2 bridgehead atoms. The van der Waals surface area contributed by atoms with E-state index >= 15 is 0 Å². The molecule has 0 aliphatic heterocycles. The summed E-state index contributed by atoms with van der Waals surface area (Å²) in [5.74, 6) is 3.56. The van der Waals surface area contributed by atoms with Gasteiger partial charge in [0.05, 0.1) is 0 Å². The van der Waals surface area contributed by atoms with Crippen LogP contribution in [0.15, 0.2) is 24.3 Å². The van der Waals surface area contributed by atoms with Crippen molar-refractivity contribution in [2.75, 3.05) is 13.6 Å². The maximum absolute atomic E-state index is 6.39. The van der Waals surface area contributed by atoms with Crippen molar-refractivity contribution in [1.82, 2.24) is 5.32 Å². The summed E-state index contributed by atoms with van der Waals surface area (Å²) in [6, 6.07) is 8.38.